The number of benzene rings is 1. The Labute approximate surface area is 148 Å². The van der Waals surface area contributed by atoms with Crippen LogP contribution in [0.4, 0.5) is 0 Å². The highest BCUT2D eigenvalue weighted by Gasteiger charge is 2.64. The molecule has 2 aliphatic heterocycles. The first-order valence-corrected chi connectivity index (χ1v) is 9.18. The summed E-state index contributed by atoms with van der Waals surface area (Å²) >= 11 is 0. The monoisotopic (exact) mass is 348 g/mol. The van der Waals surface area contributed by atoms with Crippen molar-refractivity contribution in [2.24, 2.45) is 11.3 Å². The molecule has 2 aliphatic carbocycles. The highest BCUT2D eigenvalue weighted by molar-refractivity contribution is 5.61. The lowest BCUT2D eigenvalue weighted by Gasteiger charge is -2.62. The van der Waals surface area contributed by atoms with Gasteiger partial charge in [-0.25, -0.2) is 0 Å². The topological polar surface area (TPSA) is 90.2 Å². The zero-order chi connectivity index (χ0) is 18.3. The van der Waals surface area contributed by atoms with E-state index in [9.17, 15) is 20.4 Å². The van der Waals surface area contributed by atoms with Gasteiger partial charge in [0.15, 0.2) is 11.5 Å². The first kappa shape index (κ1) is 17.1. The van der Waals surface area contributed by atoms with Crippen LogP contribution in [0.1, 0.15) is 69.2 Å². The maximum absolute atomic E-state index is 10.9. The Bertz CT molecular complexity index is 725. The average Bonchev–Trinajstić information content (AvgIpc) is 2.55. The van der Waals surface area contributed by atoms with Crippen LogP contribution in [0.25, 0.3) is 0 Å². The Balaban J connectivity index is 1.97. The summed E-state index contributed by atoms with van der Waals surface area (Å²) in [4.78, 5) is 0. The Hall–Kier alpha value is -1.30. The summed E-state index contributed by atoms with van der Waals surface area (Å²) in [6, 6.07) is 1.96. The summed E-state index contributed by atoms with van der Waals surface area (Å²) in [7, 11) is 0. The fourth-order valence-electron chi connectivity index (χ4n) is 5.74. The van der Waals surface area contributed by atoms with E-state index in [-0.39, 0.29) is 29.4 Å². The molecular formula is C20H28O5. The molecule has 5 atom stereocenters. The van der Waals surface area contributed by atoms with Crippen LogP contribution < -0.4 is 0 Å². The largest absolute Gasteiger partial charge is 0.504 e. The Morgan fingerprint density at radius 2 is 1.84 bits per heavy atom. The number of hydrogen-bond donors (Lipinski definition) is 4. The van der Waals surface area contributed by atoms with Gasteiger partial charge in [0.1, 0.15) is 0 Å². The number of phenolic OH excluding ortho intramolecular Hbond substituents is 2. The van der Waals surface area contributed by atoms with Crippen molar-refractivity contribution in [3.8, 4) is 11.5 Å². The highest BCUT2D eigenvalue weighted by Crippen LogP contribution is 2.65. The molecule has 4 aliphatic rings. The number of hydrogen-bond acceptors (Lipinski definition) is 5. The van der Waals surface area contributed by atoms with Gasteiger partial charge in [0, 0.05) is 16.5 Å². The molecule has 0 amide bonds. The second kappa shape index (κ2) is 5.12. The third kappa shape index (κ3) is 2.00. The summed E-state index contributed by atoms with van der Waals surface area (Å²) in [5.74, 6) is 0.0199. The van der Waals surface area contributed by atoms with Crippen molar-refractivity contribution in [2.75, 3.05) is 6.61 Å². The van der Waals surface area contributed by atoms with Crippen molar-refractivity contribution in [1.29, 1.82) is 0 Å². The zero-order valence-electron chi connectivity index (χ0n) is 15.3. The molecule has 0 aromatic heterocycles. The van der Waals surface area contributed by atoms with Crippen LogP contribution >= 0.6 is 0 Å². The van der Waals surface area contributed by atoms with Crippen LogP contribution in [-0.2, 0) is 10.2 Å². The minimum Gasteiger partial charge on any atom is -0.504 e. The maximum Gasteiger partial charge on any atom is 0.162 e. The molecule has 1 saturated heterocycles. The molecule has 5 heteroatoms. The molecule has 2 bridgehead atoms. The summed E-state index contributed by atoms with van der Waals surface area (Å²) in [6.07, 6.45) is -0.755. The van der Waals surface area contributed by atoms with Gasteiger partial charge >= 0.3 is 0 Å². The van der Waals surface area contributed by atoms with Gasteiger partial charge in [0.25, 0.3) is 0 Å². The first-order valence-electron chi connectivity index (χ1n) is 9.18. The van der Waals surface area contributed by atoms with Gasteiger partial charge in [-0.3, -0.25) is 0 Å². The number of rotatable bonds is 1. The van der Waals surface area contributed by atoms with Crippen molar-refractivity contribution in [2.45, 2.75) is 70.2 Å². The number of phenols is 2. The molecule has 0 radical (unpaired) electrons. The molecule has 5 rings (SSSR count). The van der Waals surface area contributed by atoms with Crippen LogP contribution in [0.5, 0.6) is 11.5 Å². The standard InChI is InChI=1S/C20H28O5/c1-9(2)10-5-11-13-6-14-19(3,4)18(24)12(21)7-20(14,8-25-13)15(11)17(23)16(10)22/h5,9,12-14,18,21-24H,6-8H2,1-4H3. The molecule has 138 valence electrons. The fraction of sp³-hybridized carbons (Fsp3) is 0.700. The van der Waals surface area contributed by atoms with E-state index < -0.39 is 23.0 Å². The van der Waals surface area contributed by atoms with Crippen molar-refractivity contribution >= 4 is 0 Å². The lowest BCUT2D eigenvalue weighted by Crippen LogP contribution is -2.64. The van der Waals surface area contributed by atoms with Gasteiger partial charge < -0.3 is 25.2 Å². The van der Waals surface area contributed by atoms with E-state index in [2.05, 4.69) is 0 Å². The Morgan fingerprint density at radius 1 is 1.16 bits per heavy atom. The Morgan fingerprint density at radius 3 is 2.48 bits per heavy atom. The van der Waals surface area contributed by atoms with Crippen LogP contribution in [0, 0.1) is 11.3 Å². The van der Waals surface area contributed by atoms with E-state index in [1.165, 1.54) is 0 Å². The van der Waals surface area contributed by atoms with Gasteiger partial charge in [-0.1, -0.05) is 27.7 Å². The van der Waals surface area contributed by atoms with Crippen LogP contribution in [0.2, 0.25) is 0 Å². The van der Waals surface area contributed by atoms with Crippen molar-refractivity contribution < 1.29 is 25.2 Å². The number of aliphatic hydroxyl groups is 2. The van der Waals surface area contributed by atoms with E-state index in [1.807, 2.05) is 33.8 Å². The molecular weight excluding hydrogens is 320 g/mol. The van der Waals surface area contributed by atoms with Crippen molar-refractivity contribution in [3.05, 3.63) is 22.8 Å². The second-order valence-corrected chi connectivity index (χ2v) is 9.06. The van der Waals surface area contributed by atoms with Crippen molar-refractivity contribution in [3.63, 3.8) is 0 Å². The van der Waals surface area contributed by atoms with E-state index in [4.69, 9.17) is 4.74 Å². The molecule has 4 N–H and O–H groups in total. The van der Waals surface area contributed by atoms with Crippen LogP contribution in [-0.4, -0.2) is 39.2 Å². The molecule has 1 saturated carbocycles. The van der Waals surface area contributed by atoms with Crippen LogP contribution in [0.15, 0.2) is 6.07 Å². The molecule has 2 fully saturated rings. The highest BCUT2D eigenvalue weighted by atomic mass is 16.5. The van der Waals surface area contributed by atoms with E-state index in [1.54, 1.807) is 0 Å². The minimum atomic E-state index is -0.885. The Kier molecular flexibility index (Phi) is 3.51. The van der Waals surface area contributed by atoms with Gasteiger partial charge in [-0.15, -0.1) is 0 Å². The molecule has 1 aromatic rings. The zero-order valence-corrected chi connectivity index (χ0v) is 15.3. The summed E-state index contributed by atoms with van der Waals surface area (Å²) in [6.45, 7) is 8.32. The lowest BCUT2D eigenvalue weighted by atomic mass is 9.46. The molecule has 1 aromatic carbocycles. The number of ether oxygens (including phenoxy) is 1. The summed E-state index contributed by atoms with van der Waals surface area (Å²) in [5.41, 5.74) is 1.29. The molecule has 5 unspecified atom stereocenters. The maximum atomic E-state index is 10.9. The summed E-state index contributed by atoms with van der Waals surface area (Å²) in [5, 5.41) is 42.6. The van der Waals surface area contributed by atoms with Gasteiger partial charge in [-0.05, 0) is 41.7 Å². The SMILES string of the molecule is CC(C)c1cc2c(c(O)c1O)C13COC2CC1C(C)(C)C(O)C(O)C3. The molecule has 1 spiro atoms. The summed E-state index contributed by atoms with van der Waals surface area (Å²) < 4.78 is 6.08. The molecule has 2 heterocycles. The van der Waals surface area contributed by atoms with Crippen molar-refractivity contribution in [1.82, 2.24) is 0 Å². The lowest BCUT2D eigenvalue weighted by molar-refractivity contribution is -0.203. The molecule has 25 heavy (non-hydrogen) atoms. The number of aliphatic hydroxyl groups excluding tert-OH is 2. The predicted molar refractivity (Wildman–Crippen MR) is 92.8 cm³/mol. The second-order valence-electron chi connectivity index (χ2n) is 9.06. The fourth-order valence-corrected chi connectivity index (χ4v) is 5.74. The van der Waals surface area contributed by atoms with Crippen LogP contribution in [0.3, 0.4) is 0 Å². The third-order valence-corrected chi connectivity index (χ3v) is 7.06. The van der Waals surface area contributed by atoms with Gasteiger partial charge in [0.05, 0.1) is 24.9 Å². The minimum absolute atomic E-state index is 0.0622. The van der Waals surface area contributed by atoms with Gasteiger partial charge in [-0.2, -0.15) is 0 Å². The quantitative estimate of drug-likeness (QED) is 0.586. The predicted octanol–water partition coefficient (Wildman–Crippen LogP) is 2.70. The van der Waals surface area contributed by atoms with E-state index in [0.29, 0.717) is 13.0 Å². The number of fused-ring (bicyclic) bond motifs is 1. The smallest absolute Gasteiger partial charge is 0.162 e. The third-order valence-electron chi connectivity index (χ3n) is 7.06. The number of aromatic hydroxyl groups is 2. The van der Waals surface area contributed by atoms with E-state index >= 15 is 0 Å². The van der Waals surface area contributed by atoms with E-state index in [0.717, 1.165) is 23.1 Å². The normalized spacial score (nSPS) is 38.5. The first-order chi connectivity index (χ1) is 11.6. The molecule has 5 nitrogen and oxygen atoms in total. The van der Waals surface area contributed by atoms with Gasteiger partial charge in [0.2, 0.25) is 0 Å². The average molecular weight is 348 g/mol.